The van der Waals surface area contributed by atoms with Crippen LogP contribution >= 0.6 is 0 Å². The molecule has 0 fully saturated rings. The summed E-state index contributed by atoms with van der Waals surface area (Å²) < 4.78 is 1.19. The number of unbranched alkanes of at least 4 members (excludes halogenated alkanes) is 30. The van der Waals surface area contributed by atoms with Crippen LogP contribution in [0.1, 0.15) is 239 Å². The van der Waals surface area contributed by atoms with Gasteiger partial charge in [-0.15, -0.1) is 0 Å². The molecule has 266 valence electrons. The molecule has 44 heavy (non-hydrogen) atoms. The molecule has 0 aliphatic carbocycles. The van der Waals surface area contributed by atoms with Gasteiger partial charge in [0.1, 0.15) is 0 Å². The molecule has 0 aromatic rings. The van der Waals surface area contributed by atoms with Gasteiger partial charge in [0.25, 0.3) is 0 Å². The predicted molar refractivity (Wildman–Crippen MR) is 203 cm³/mol. The Morgan fingerprint density at radius 3 is 0.795 bits per heavy atom. The van der Waals surface area contributed by atoms with Crippen molar-refractivity contribution in [2.24, 2.45) is 5.73 Å². The zero-order valence-electron chi connectivity index (χ0n) is 31.8. The smallest absolute Gasteiger partial charge is 0.0886 e. The maximum Gasteiger partial charge on any atom is 0.0886 e. The van der Waals surface area contributed by atoms with E-state index in [1.807, 2.05) is 0 Å². The van der Waals surface area contributed by atoms with E-state index in [0.717, 1.165) is 12.6 Å². The number of quaternary nitrogens is 1. The fraction of sp³-hybridized carbons (Fsp3) is 1.00. The predicted octanol–water partition coefficient (Wildman–Crippen LogP) is 14.1. The molecule has 0 saturated carbocycles. The molecule has 2 heteroatoms. The molecule has 0 heterocycles. The van der Waals surface area contributed by atoms with Crippen molar-refractivity contribution in [2.45, 2.75) is 245 Å². The first kappa shape index (κ1) is 43.9. The molecule has 0 bridgehead atoms. The lowest BCUT2D eigenvalue weighted by molar-refractivity contribution is -0.916. The van der Waals surface area contributed by atoms with E-state index < -0.39 is 0 Å². The van der Waals surface area contributed by atoms with Crippen molar-refractivity contribution in [1.82, 2.24) is 0 Å². The lowest BCUT2D eigenvalue weighted by Gasteiger charge is -2.38. The molecule has 0 rings (SSSR count). The van der Waals surface area contributed by atoms with Crippen LogP contribution in [0, 0.1) is 0 Å². The number of hydrogen-bond acceptors (Lipinski definition) is 1. The molecule has 0 radical (unpaired) electrons. The van der Waals surface area contributed by atoms with Gasteiger partial charge in [-0.25, -0.2) is 0 Å². The zero-order valence-corrected chi connectivity index (χ0v) is 31.8. The van der Waals surface area contributed by atoms with Gasteiger partial charge in [0, 0.05) is 6.42 Å². The minimum atomic E-state index is 0.833. The molecule has 0 spiro atoms. The van der Waals surface area contributed by atoms with Crippen molar-refractivity contribution >= 4 is 0 Å². The third-order valence-corrected chi connectivity index (χ3v) is 10.7. The largest absolute Gasteiger partial charge is 0.330 e. The van der Waals surface area contributed by atoms with Crippen LogP contribution in [0.4, 0.5) is 0 Å². The quantitative estimate of drug-likeness (QED) is 0.0538. The van der Waals surface area contributed by atoms with Gasteiger partial charge in [-0.1, -0.05) is 206 Å². The van der Waals surface area contributed by atoms with E-state index in [1.165, 1.54) is 236 Å². The molecule has 0 aromatic carbocycles. The highest BCUT2D eigenvalue weighted by Crippen LogP contribution is 2.23. The number of rotatable bonds is 38. The molecule has 0 unspecified atom stereocenters. The van der Waals surface area contributed by atoms with Crippen LogP contribution < -0.4 is 5.73 Å². The summed E-state index contributed by atoms with van der Waals surface area (Å²) >= 11 is 0. The van der Waals surface area contributed by atoms with Crippen LogP contribution in [0.15, 0.2) is 0 Å². The summed E-state index contributed by atoms with van der Waals surface area (Å²) in [7, 11) is 4.97. The highest BCUT2D eigenvalue weighted by molar-refractivity contribution is 4.62. The SMILES string of the molecule is CCCCCCCCCCCCCCCCCCC(CCCCCCCCCCCCCCCCCC)[N+](C)(C)CCCN. The van der Waals surface area contributed by atoms with Crippen molar-refractivity contribution in [1.29, 1.82) is 0 Å². The lowest BCUT2D eigenvalue weighted by atomic mass is 9.97. The number of nitrogens with two attached hydrogens (primary N) is 1. The standard InChI is InChI=1S/C42H89N2/c1-5-7-9-11-13-15-17-19-21-23-25-27-29-31-33-35-38-42(44(3,4)41-37-40-43)39-36-34-32-30-28-26-24-22-20-18-16-14-12-10-8-6-2/h42H,5-41,43H2,1-4H3/q+1. The van der Waals surface area contributed by atoms with Gasteiger partial charge in [0.15, 0.2) is 0 Å². The Morgan fingerprint density at radius 2 is 0.568 bits per heavy atom. The summed E-state index contributed by atoms with van der Waals surface area (Å²) in [6, 6.07) is 0.833. The minimum absolute atomic E-state index is 0.833. The molecule has 0 aliphatic heterocycles. The van der Waals surface area contributed by atoms with Crippen LogP contribution in [0.5, 0.6) is 0 Å². The van der Waals surface area contributed by atoms with Crippen molar-refractivity contribution < 1.29 is 4.48 Å². The summed E-state index contributed by atoms with van der Waals surface area (Å²) in [6.45, 7) is 6.71. The van der Waals surface area contributed by atoms with Crippen LogP contribution in [-0.2, 0) is 0 Å². The van der Waals surface area contributed by atoms with Crippen molar-refractivity contribution in [3.05, 3.63) is 0 Å². The van der Waals surface area contributed by atoms with E-state index in [1.54, 1.807) is 0 Å². The molecule has 0 aromatic heterocycles. The van der Waals surface area contributed by atoms with E-state index in [2.05, 4.69) is 27.9 Å². The Labute approximate surface area is 281 Å². The van der Waals surface area contributed by atoms with E-state index >= 15 is 0 Å². The molecule has 2 nitrogen and oxygen atoms in total. The van der Waals surface area contributed by atoms with Gasteiger partial charge >= 0.3 is 0 Å². The third kappa shape index (κ3) is 31.9. The van der Waals surface area contributed by atoms with Crippen LogP contribution in [-0.4, -0.2) is 37.7 Å². The van der Waals surface area contributed by atoms with Gasteiger partial charge in [-0.05, 0) is 32.2 Å². The number of nitrogens with zero attached hydrogens (tertiary/aromatic N) is 1. The van der Waals surface area contributed by atoms with Crippen molar-refractivity contribution in [3.8, 4) is 0 Å². The topological polar surface area (TPSA) is 26.0 Å². The minimum Gasteiger partial charge on any atom is -0.330 e. The average Bonchev–Trinajstić information content (AvgIpc) is 3.02. The van der Waals surface area contributed by atoms with E-state index in [-0.39, 0.29) is 0 Å². The highest BCUT2D eigenvalue weighted by Gasteiger charge is 2.26. The second kappa shape index (κ2) is 35.8. The first-order valence-electron chi connectivity index (χ1n) is 21.1. The monoisotopic (exact) mass is 622 g/mol. The van der Waals surface area contributed by atoms with Gasteiger partial charge < -0.3 is 10.2 Å². The summed E-state index contributed by atoms with van der Waals surface area (Å²) in [4.78, 5) is 0. The Kier molecular flexibility index (Phi) is 35.7. The van der Waals surface area contributed by atoms with Gasteiger partial charge in [0.05, 0.1) is 26.7 Å². The second-order valence-corrected chi connectivity index (χ2v) is 15.5. The van der Waals surface area contributed by atoms with E-state index in [9.17, 15) is 0 Å². The zero-order chi connectivity index (χ0) is 32.2. The second-order valence-electron chi connectivity index (χ2n) is 15.5. The van der Waals surface area contributed by atoms with Crippen LogP contribution in [0.2, 0.25) is 0 Å². The fourth-order valence-electron chi connectivity index (χ4n) is 7.38. The normalized spacial score (nSPS) is 12.1. The summed E-state index contributed by atoms with van der Waals surface area (Å²) in [6.07, 6.45) is 50.7. The Morgan fingerprint density at radius 1 is 0.341 bits per heavy atom. The van der Waals surface area contributed by atoms with Crippen LogP contribution in [0.25, 0.3) is 0 Å². The van der Waals surface area contributed by atoms with Gasteiger partial charge in [-0.2, -0.15) is 0 Å². The van der Waals surface area contributed by atoms with E-state index in [4.69, 9.17) is 5.73 Å². The average molecular weight is 622 g/mol. The first-order chi connectivity index (χ1) is 21.6. The summed E-state index contributed by atoms with van der Waals surface area (Å²) in [5.41, 5.74) is 5.91. The highest BCUT2D eigenvalue weighted by atomic mass is 15.3. The van der Waals surface area contributed by atoms with E-state index in [0.29, 0.717) is 0 Å². The first-order valence-corrected chi connectivity index (χ1v) is 21.1. The fourth-order valence-corrected chi connectivity index (χ4v) is 7.38. The summed E-state index contributed by atoms with van der Waals surface area (Å²) in [5, 5.41) is 0. The molecule has 2 N–H and O–H groups in total. The van der Waals surface area contributed by atoms with Crippen molar-refractivity contribution in [3.63, 3.8) is 0 Å². The molecule has 0 atom stereocenters. The molecule has 0 aliphatic rings. The Hall–Kier alpha value is -0.0800. The third-order valence-electron chi connectivity index (χ3n) is 10.7. The lowest BCUT2D eigenvalue weighted by Crippen LogP contribution is -2.49. The van der Waals surface area contributed by atoms with Crippen LogP contribution in [0.3, 0.4) is 0 Å². The maximum atomic E-state index is 5.91. The summed E-state index contributed by atoms with van der Waals surface area (Å²) in [5.74, 6) is 0. The molecular weight excluding hydrogens is 532 g/mol. The maximum absolute atomic E-state index is 5.91. The van der Waals surface area contributed by atoms with Gasteiger partial charge in [-0.3, -0.25) is 0 Å². The molecule has 0 saturated heterocycles. The Bertz CT molecular complexity index is 480. The van der Waals surface area contributed by atoms with Crippen molar-refractivity contribution in [2.75, 3.05) is 27.2 Å². The molecular formula is C42H89N2+. The van der Waals surface area contributed by atoms with Gasteiger partial charge in [0.2, 0.25) is 0 Å². The molecule has 0 amide bonds. The number of hydrogen-bond donors (Lipinski definition) is 1. The Balaban J connectivity index is 3.78.